The van der Waals surface area contributed by atoms with Crippen LogP contribution in [0.25, 0.3) is 10.9 Å². The highest BCUT2D eigenvalue weighted by molar-refractivity contribution is 9.11. The van der Waals surface area contributed by atoms with Crippen LogP contribution in [0.1, 0.15) is 18.9 Å². The summed E-state index contributed by atoms with van der Waals surface area (Å²) in [7, 11) is 0. The zero-order valence-corrected chi connectivity index (χ0v) is 12.8. The summed E-state index contributed by atoms with van der Waals surface area (Å²) in [5.74, 6) is 0. The molecular formula is C12H10Br2N2O2. The lowest BCUT2D eigenvalue weighted by Gasteiger charge is -2.09. The summed E-state index contributed by atoms with van der Waals surface area (Å²) in [6, 6.07) is 4.68. The number of hydrogen-bond donors (Lipinski definition) is 0. The molecule has 0 saturated carbocycles. The second kappa shape index (κ2) is 5.32. The number of nitrogens with zero attached hydrogens (tertiary/aromatic N) is 2. The molecule has 0 atom stereocenters. The molecule has 94 valence electrons. The third-order valence-electron chi connectivity index (χ3n) is 2.66. The third kappa shape index (κ3) is 2.40. The molecule has 0 aliphatic carbocycles. The Hall–Kier alpha value is -1.01. The second-order valence-corrected chi connectivity index (χ2v) is 5.45. The fraction of sp³-hybridized carbons (Fsp3) is 0.250. The molecule has 0 amide bonds. The minimum atomic E-state index is -0.395. The molecule has 0 fully saturated rings. The lowest BCUT2D eigenvalue weighted by molar-refractivity contribution is -0.384. The van der Waals surface area contributed by atoms with Crippen molar-refractivity contribution < 1.29 is 4.92 Å². The molecule has 6 heteroatoms. The maximum absolute atomic E-state index is 10.8. The second-order valence-electron chi connectivity index (χ2n) is 3.90. The molecule has 18 heavy (non-hydrogen) atoms. The average molecular weight is 374 g/mol. The molecule has 0 bridgehead atoms. The van der Waals surface area contributed by atoms with Crippen LogP contribution in [0.5, 0.6) is 0 Å². The first-order valence-corrected chi connectivity index (χ1v) is 7.05. The summed E-state index contributed by atoms with van der Waals surface area (Å²) in [5, 5.41) is 11.6. The third-order valence-corrected chi connectivity index (χ3v) is 4.22. The Morgan fingerprint density at radius 2 is 2.11 bits per heavy atom. The van der Waals surface area contributed by atoms with Gasteiger partial charge in [0.15, 0.2) is 0 Å². The van der Waals surface area contributed by atoms with Gasteiger partial charge in [-0.2, -0.15) is 0 Å². The van der Waals surface area contributed by atoms with Gasteiger partial charge < -0.3 is 0 Å². The number of pyridine rings is 1. The molecule has 0 radical (unpaired) electrons. The first-order chi connectivity index (χ1) is 8.54. The van der Waals surface area contributed by atoms with Gasteiger partial charge in [0.2, 0.25) is 0 Å². The molecule has 2 aromatic rings. The molecule has 0 unspecified atom stereocenters. The van der Waals surface area contributed by atoms with E-state index in [1.165, 1.54) is 6.07 Å². The Morgan fingerprint density at radius 3 is 2.72 bits per heavy atom. The van der Waals surface area contributed by atoms with E-state index in [0.29, 0.717) is 0 Å². The van der Waals surface area contributed by atoms with Crippen LogP contribution in [-0.4, -0.2) is 9.91 Å². The highest BCUT2D eigenvalue weighted by atomic mass is 79.9. The standard InChI is InChI=1S/C12H10Br2N2O2/c1-2-3-8-11(13)9-6-7(16(17)18)4-5-10(9)15-12(8)14/h4-6H,2-3H2,1H3. The fourth-order valence-corrected chi connectivity index (χ4v) is 3.36. The zero-order chi connectivity index (χ0) is 13.3. The molecule has 1 aromatic heterocycles. The SMILES string of the molecule is CCCc1c(Br)nc2ccc([N+](=O)[O-])cc2c1Br. The lowest BCUT2D eigenvalue weighted by atomic mass is 10.1. The number of nitro groups is 1. The Kier molecular flexibility index (Phi) is 3.97. The van der Waals surface area contributed by atoms with Crippen LogP contribution < -0.4 is 0 Å². The summed E-state index contributed by atoms with van der Waals surface area (Å²) < 4.78 is 1.67. The summed E-state index contributed by atoms with van der Waals surface area (Å²) in [4.78, 5) is 14.8. The molecule has 1 heterocycles. The van der Waals surface area contributed by atoms with Crippen LogP contribution in [0.15, 0.2) is 27.3 Å². The average Bonchev–Trinajstić information content (AvgIpc) is 2.34. The minimum absolute atomic E-state index is 0.0785. The van der Waals surface area contributed by atoms with E-state index in [2.05, 4.69) is 43.8 Å². The molecule has 0 aliphatic heterocycles. The number of nitro benzene ring substituents is 1. The number of fused-ring (bicyclic) bond motifs is 1. The van der Waals surface area contributed by atoms with Crippen molar-refractivity contribution in [2.75, 3.05) is 0 Å². The van der Waals surface area contributed by atoms with Crippen molar-refractivity contribution >= 4 is 48.5 Å². The lowest BCUT2D eigenvalue weighted by Crippen LogP contribution is -1.95. The van der Waals surface area contributed by atoms with Gasteiger partial charge in [-0.05, 0) is 49.9 Å². The first kappa shape index (κ1) is 13.4. The molecule has 4 nitrogen and oxygen atoms in total. The van der Waals surface area contributed by atoms with Crippen LogP contribution >= 0.6 is 31.9 Å². The quantitative estimate of drug-likeness (QED) is 0.448. The predicted octanol–water partition coefficient (Wildman–Crippen LogP) is 4.62. The molecule has 0 spiro atoms. The van der Waals surface area contributed by atoms with Gasteiger partial charge in [0.05, 0.1) is 10.4 Å². The Bertz CT molecular complexity index is 629. The van der Waals surface area contributed by atoms with Gasteiger partial charge in [0.1, 0.15) is 4.60 Å². The monoisotopic (exact) mass is 372 g/mol. The molecule has 2 rings (SSSR count). The Labute approximate surface area is 121 Å². The van der Waals surface area contributed by atoms with Gasteiger partial charge >= 0.3 is 0 Å². The van der Waals surface area contributed by atoms with E-state index in [4.69, 9.17) is 0 Å². The summed E-state index contributed by atoms with van der Waals surface area (Å²) in [5.41, 5.74) is 1.86. The minimum Gasteiger partial charge on any atom is -0.258 e. The number of aromatic nitrogens is 1. The van der Waals surface area contributed by atoms with E-state index in [1.807, 2.05) is 0 Å². The summed E-state index contributed by atoms with van der Waals surface area (Å²) in [6.07, 6.45) is 1.85. The smallest absolute Gasteiger partial charge is 0.258 e. The summed E-state index contributed by atoms with van der Waals surface area (Å²) >= 11 is 6.97. The normalized spacial score (nSPS) is 10.8. The molecule has 0 saturated heterocycles. The number of hydrogen-bond acceptors (Lipinski definition) is 3. The van der Waals surface area contributed by atoms with Crippen molar-refractivity contribution in [2.24, 2.45) is 0 Å². The first-order valence-electron chi connectivity index (χ1n) is 5.46. The van der Waals surface area contributed by atoms with Gasteiger partial charge in [-0.1, -0.05) is 13.3 Å². The van der Waals surface area contributed by atoms with Gasteiger partial charge in [-0.15, -0.1) is 0 Å². The highest BCUT2D eigenvalue weighted by Crippen LogP contribution is 2.33. The van der Waals surface area contributed by atoms with Gasteiger partial charge in [-0.25, -0.2) is 4.98 Å². The van der Waals surface area contributed by atoms with Gasteiger partial charge in [-0.3, -0.25) is 10.1 Å². The Morgan fingerprint density at radius 1 is 1.39 bits per heavy atom. The van der Waals surface area contributed by atoms with Gasteiger partial charge in [0, 0.05) is 22.0 Å². The fourth-order valence-electron chi connectivity index (χ4n) is 1.80. The van der Waals surface area contributed by atoms with Crippen LogP contribution in [0.3, 0.4) is 0 Å². The van der Waals surface area contributed by atoms with Crippen LogP contribution in [0.2, 0.25) is 0 Å². The van der Waals surface area contributed by atoms with Crippen LogP contribution in [0.4, 0.5) is 5.69 Å². The van der Waals surface area contributed by atoms with Crippen molar-refractivity contribution in [1.82, 2.24) is 4.98 Å². The number of benzene rings is 1. The van der Waals surface area contributed by atoms with Gasteiger partial charge in [0.25, 0.3) is 5.69 Å². The van der Waals surface area contributed by atoms with Crippen molar-refractivity contribution in [3.63, 3.8) is 0 Å². The largest absolute Gasteiger partial charge is 0.270 e. The zero-order valence-electron chi connectivity index (χ0n) is 9.61. The molecular weight excluding hydrogens is 364 g/mol. The molecule has 1 aromatic carbocycles. The number of halogens is 2. The van der Waals surface area contributed by atoms with Crippen LogP contribution in [0, 0.1) is 10.1 Å². The molecule has 0 N–H and O–H groups in total. The van der Waals surface area contributed by atoms with E-state index in [-0.39, 0.29) is 5.69 Å². The van der Waals surface area contributed by atoms with Crippen molar-refractivity contribution in [1.29, 1.82) is 0 Å². The van der Waals surface area contributed by atoms with E-state index in [0.717, 1.165) is 38.4 Å². The number of non-ortho nitro benzene ring substituents is 1. The highest BCUT2D eigenvalue weighted by Gasteiger charge is 2.14. The van der Waals surface area contributed by atoms with Crippen molar-refractivity contribution in [3.8, 4) is 0 Å². The van der Waals surface area contributed by atoms with Crippen LogP contribution in [-0.2, 0) is 6.42 Å². The number of rotatable bonds is 3. The summed E-state index contributed by atoms with van der Waals surface area (Å²) in [6.45, 7) is 2.08. The molecule has 0 aliphatic rings. The van der Waals surface area contributed by atoms with Crippen molar-refractivity contribution in [2.45, 2.75) is 19.8 Å². The van der Waals surface area contributed by atoms with Crippen molar-refractivity contribution in [3.05, 3.63) is 43.0 Å². The van der Waals surface area contributed by atoms with E-state index < -0.39 is 4.92 Å². The topological polar surface area (TPSA) is 56.0 Å². The maximum atomic E-state index is 10.8. The van der Waals surface area contributed by atoms with E-state index >= 15 is 0 Å². The Balaban J connectivity index is 2.72. The van der Waals surface area contributed by atoms with E-state index in [9.17, 15) is 10.1 Å². The van der Waals surface area contributed by atoms with E-state index in [1.54, 1.807) is 12.1 Å². The maximum Gasteiger partial charge on any atom is 0.270 e. The predicted molar refractivity (Wildman–Crippen MR) is 77.8 cm³/mol.